The Morgan fingerprint density at radius 2 is 2.09 bits per heavy atom. The van der Waals surface area contributed by atoms with Gasteiger partial charge < -0.3 is 4.74 Å². The van der Waals surface area contributed by atoms with Gasteiger partial charge in [0, 0.05) is 4.88 Å². The van der Waals surface area contributed by atoms with E-state index >= 15 is 0 Å². The van der Waals surface area contributed by atoms with E-state index in [-0.39, 0.29) is 12.5 Å². The van der Waals surface area contributed by atoms with Gasteiger partial charge in [0.2, 0.25) is 0 Å². The third-order valence-electron chi connectivity index (χ3n) is 3.11. The molecule has 116 valence electrons. The van der Waals surface area contributed by atoms with Crippen LogP contribution in [-0.2, 0) is 4.79 Å². The van der Waals surface area contributed by atoms with Crippen molar-refractivity contribution >= 4 is 50.2 Å². The fraction of sp³-hybridized carbons (Fsp3) is 0.0588. The zero-order valence-electron chi connectivity index (χ0n) is 12.0. The van der Waals surface area contributed by atoms with Gasteiger partial charge in [0.15, 0.2) is 6.61 Å². The minimum atomic E-state index is -0.308. The molecule has 1 aromatic heterocycles. The third kappa shape index (κ3) is 3.97. The zero-order chi connectivity index (χ0) is 16.1. The fourth-order valence-electron chi connectivity index (χ4n) is 2.03. The van der Waals surface area contributed by atoms with E-state index in [0.717, 1.165) is 20.1 Å². The number of halogens is 1. The molecule has 0 spiro atoms. The smallest absolute Gasteiger partial charge is 0.277 e. The predicted octanol–water partition coefficient (Wildman–Crippen LogP) is 4.19. The highest BCUT2D eigenvalue weighted by Crippen LogP contribution is 2.32. The Hall–Kier alpha value is -2.18. The summed E-state index contributed by atoms with van der Waals surface area (Å²) in [5.41, 5.74) is 2.44. The Morgan fingerprint density at radius 3 is 2.91 bits per heavy atom. The number of amides is 1. The third-order valence-corrected chi connectivity index (χ3v) is 4.74. The van der Waals surface area contributed by atoms with Crippen molar-refractivity contribution in [1.82, 2.24) is 5.43 Å². The van der Waals surface area contributed by atoms with Gasteiger partial charge >= 0.3 is 0 Å². The summed E-state index contributed by atoms with van der Waals surface area (Å²) >= 11 is 5.08. The van der Waals surface area contributed by atoms with Gasteiger partial charge in [-0.05, 0) is 44.2 Å². The highest BCUT2D eigenvalue weighted by molar-refractivity contribution is 9.10. The van der Waals surface area contributed by atoms with Crippen molar-refractivity contribution in [3.8, 4) is 5.75 Å². The molecule has 0 saturated heterocycles. The van der Waals surface area contributed by atoms with Crippen LogP contribution in [0, 0.1) is 0 Å². The number of hydrogen-bond donors (Lipinski definition) is 1. The highest BCUT2D eigenvalue weighted by Gasteiger charge is 2.08. The van der Waals surface area contributed by atoms with E-state index in [2.05, 4.69) is 26.5 Å². The van der Waals surface area contributed by atoms with Crippen LogP contribution in [0.2, 0.25) is 0 Å². The molecule has 0 saturated carbocycles. The maximum absolute atomic E-state index is 11.8. The monoisotopic (exact) mass is 388 g/mol. The van der Waals surface area contributed by atoms with Crippen molar-refractivity contribution < 1.29 is 9.53 Å². The second kappa shape index (κ2) is 7.39. The second-order valence-electron chi connectivity index (χ2n) is 4.70. The topological polar surface area (TPSA) is 50.7 Å². The number of carbonyl (C=O) groups excluding carboxylic acids is 1. The molecule has 0 atom stereocenters. The van der Waals surface area contributed by atoms with Crippen LogP contribution >= 0.6 is 27.3 Å². The molecule has 23 heavy (non-hydrogen) atoms. The summed E-state index contributed by atoms with van der Waals surface area (Å²) in [5, 5.41) is 7.99. The molecule has 4 nitrogen and oxygen atoms in total. The van der Waals surface area contributed by atoms with Crippen LogP contribution in [0.15, 0.2) is 63.5 Å². The molecule has 2 aromatic carbocycles. The molecule has 0 radical (unpaired) electrons. The molecule has 1 heterocycles. The van der Waals surface area contributed by atoms with Crippen LogP contribution < -0.4 is 10.2 Å². The van der Waals surface area contributed by atoms with E-state index in [4.69, 9.17) is 4.74 Å². The molecular weight excluding hydrogens is 376 g/mol. The summed E-state index contributed by atoms with van der Waals surface area (Å²) in [6.07, 6.45) is 1.61. The minimum absolute atomic E-state index is 0.0985. The van der Waals surface area contributed by atoms with Crippen molar-refractivity contribution in [1.29, 1.82) is 0 Å². The molecule has 0 aliphatic rings. The van der Waals surface area contributed by atoms with Crippen molar-refractivity contribution in [2.75, 3.05) is 6.61 Å². The van der Waals surface area contributed by atoms with Crippen molar-refractivity contribution in [2.24, 2.45) is 5.10 Å². The summed E-state index contributed by atoms with van der Waals surface area (Å²) in [5.74, 6) is 0.318. The van der Waals surface area contributed by atoms with Gasteiger partial charge in [-0.3, -0.25) is 4.79 Å². The number of thiophene rings is 1. The van der Waals surface area contributed by atoms with Gasteiger partial charge in [-0.15, -0.1) is 11.3 Å². The van der Waals surface area contributed by atoms with Crippen LogP contribution in [-0.4, -0.2) is 18.7 Å². The summed E-state index contributed by atoms with van der Waals surface area (Å²) in [7, 11) is 0. The average Bonchev–Trinajstić information content (AvgIpc) is 3.08. The van der Waals surface area contributed by atoms with E-state index in [0.29, 0.717) is 5.75 Å². The summed E-state index contributed by atoms with van der Waals surface area (Å²) in [4.78, 5) is 12.7. The van der Waals surface area contributed by atoms with E-state index in [1.54, 1.807) is 17.6 Å². The first-order valence-electron chi connectivity index (χ1n) is 6.89. The number of hydrogen-bond acceptors (Lipinski definition) is 4. The lowest BCUT2D eigenvalue weighted by molar-refractivity contribution is -0.123. The van der Waals surface area contributed by atoms with Crippen LogP contribution in [0.4, 0.5) is 0 Å². The Kier molecular flexibility index (Phi) is 5.05. The number of nitrogens with one attached hydrogen (secondary N) is 1. The lowest BCUT2D eigenvalue weighted by atomic mass is 10.1. The number of carbonyl (C=O) groups is 1. The maximum atomic E-state index is 11.8. The van der Waals surface area contributed by atoms with Gasteiger partial charge in [0.25, 0.3) is 5.91 Å². The van der Waals surface area contributed by atoms with E-state index < -0.39 is 0 Å². The summed E-state index contributed by atoms with van der Waals surface area (Å²) in [6, 6.07) is 15.6. The lowest BCUT2D eigenvalue weighted by Crippen LogP contribution is -2.24. The van der Waals surface area contributed by atoms with Crippen LogP contribution in [0.5, 0.6) is 5.75 Å². The molecule has 0 unspecified atom stereocenters. The summed E-state index contributed by atoms with van der Waals surface area (Å²) < 4.78 is 6.40. The Balaban J connectivity index is 1.59. The summed E-state index contributed by atoms with van der Waals surface area (Å²) in [6.45, 7) is -0.0985. The number of benzene rings is 2. The zero-order valence-corrected chi connectivity index (χ0v) is 14.4. The van der Waals surface area contributed by atoms with Crippen molar-refractivity contribution in [2.45, 2.75) is 0 Å². The number of hydrazone groups is 1. The van der Waals surface area contributed by atoms with Crippen LogP contribution in [0.3, 0.4) is 0 Å². The Bertz CT molecular complexity index is 847. The second-order valence-corrected chi connectivity index (χ2v) is 6.47. The molecule has 0 fully saturated rings. The standard InChI is InChI=1S/C17H13BrN2O2S/c18-17-14-6-2-1-4-12(14)7-8-15(17)22-11-16(21)20-19-10-13-5-3-9-23-13/h1-10H,11H2,(H,20,21)/b19-10+. The largest absolute Gasteiger partial charge is 0.483 e. The van der Waals surface area contributed by atoms with Crippen LogP contribution in [0.1, 0.15) is 4.88 Å². The quantitative estimate of drug-likeness (QED) is 0.526. The van der Waals surface area contributed by atoms with Gasteiger partial charge in [-0.1, -0.05) is 36.4 Å². The number of ether oxygens (including phenoxy) is 1. The van der Waals surface area contributed by atoms with Gasteiger partial charge in [0.05, 0.1) is 10.7 Å². The molecule has 3 aromatic rings. The Morgan fingerprint density at radius 1 is 1.22 bits per heavy atom. The first kappa shape index (κ1) is 15.7. The molecule has 1 N–H and O–H groups in total. The molecule has 6 heteroatoms. The molecule has 0 bridgehead atoms. The van der Waals surface area contributed by atoms with Crippen molar-refractivity contribution in [3.05, 3.63) is 63.3 Å². The van der Waals surface area contributed by atoms with Crippen LogP contribution in [0.25, 0.3) is 10.8 Å². The highest BCUT2D eigenvalue weighted by atomic mass is 79.9. The maximum Gasteiger partial charge on any atom is 0.277 e. The molecular formula is C17H13BrN2O2S. The molecule has 3 rings (SSSR count). The van der Waals surface area contributed by atoms with E-state index in [1.165, 1.54) is 0 Å². The van der Waals surface area contributed by atoms with Gasteiger partial charge in [-0.25, -0.2) is 5.43 Å². The number of rotatable bonds is 5. The molecule has 0 aliphatic heterocycles. The van der Waals surface area contributed by atoms with E-state index in [9.17, 15) is 4.79 Å². The van der Waals surface area contributed by atoms with E-state index in [1.807, 2.05) is 53.9 Å². The number of nitrogens with zero attached hydrogens (tertiary/aromatic N) is 1. The Labute approximate surface area is 145 Å². The van der Waals surface area contributed by atoms with Gasteiger partial charge in [-0.2, -0.15) is 5.10 Å². The lowest BCUT2D eigenvalue weighted by Gasteiger charge is -2.09. The van der Waals surface area contributed by atoms with Crippen molar-refractivity contribution in [3.63, 3.8) is 0 Å². The van der Waals surface area contributed by atoms with Gasteiger partial charge in [0.1, 0.15) is 5.75 Å². The first-order chi connectivity index (χ1) is 11.2. The molecule has 0 aliphatic carbocycles. The number of fused-ring (bicyclic) bond motifs is 1. The predicted molar refractivity (Wildman–Crippen MR) is 97.2 cm³/mol. The molecule has 1 amide bonds. The average molecular weight is 389 g/mol. The minimum Gasteiger partial charge on any atom is -0.483 e. The SMILES string of the molecule is O=C(COc1ccc2ccccc2c1Br)N/N=C/c1cccs1. The first-order valence-corrected chi connectivity index (χ1v) is 8.57. The fourth-order valence-corrected chi connectivity index (χ4v) is 3.23. The normalized spacial score (nSPS) is 11.0.